The molecule has 0 aliphatic heterocycles. The van der Waals surface area contributed by atoms with Crippen LogP contribution in [-0.4, -0.2) is 34.9 Å². The number of benzene rings is 3. The summed E-state index contributed by atoms with van der Waals surface area (Å²) in [7, 11) is 3.04. The number of methoxy groups -OCH3 is 2. The fraction of sp³-hybridized carbons (Fsp3) is 0.160. The molecule has 10 heteroatoms. The van der Waals surface area contributed by atoms with Gasteiger partial charge in [-0.05, 0) is 41.5 Å². The van der Waals surface area contributed by atoms with Gasteiger partial charge in [0.05, 0.1) is 14.2 Å². The Morgan fingerprint density at radius 1 is 0.857 bits per heavy atom. The van der Waals surface area contributed by atoms with Crippen LogP contribution in [0.4, 0.5) is 11.9 Å². The topological polar surface area (TPSA) is 90.3 Å². The fourth-order valence-corrected chi connectivity index (χ4v) is 3.77. The quantitative estimate of drug-likeness (QED) is 0.306. The molecule has 0 saturated heterocycles. The molecule has 2 N–H and O–H groups in total. The summed E-state index contributed by atoms with van der Waals surface area (Å²) in [6.07, 6.45) is 0. The van der Waals surface area contributed by atoms with Gasteiger partial charge in [0.1, 0.15) is 0 Å². The summed E-state index contributed by atoms with van der Waals surface area (Å²) in [4.78, 5) is 17.9. The van der Waals surface area contributed by atoms with Crippen LogP contribution in [0.3, 0.4) is 0 Å². The Labute approximate surface area is 212 Å². The van der Waals surface area contributed by atoms with Crippen LogP contribution < -0.4 is 20.1 Å². The van der Waals surface area contributed by atoms with Gasteiger partial charge in [-0.15, -0.1) is 5.10 Å². The highest BCUT2D eigenvalue weighted by molar-refractivity contribution is 6.31. The molecule has 1 aromatic heterocycles. The molecule has 0 atom stereocenters. The summed E-state index contributed by atoms with van der Waals surface area (Å²) >= 11 is 12.5. The molecule has 180 valence electrons. The molecule has 0 aliphatic rings. The maximum Gasteiger partial charge on any atom is 0.281 e. The molecule has 0 saturated carbocycles. The van der Waals surface area contributed by atoms with E-state index >= 15 is 0 Å². The lowest BCUT2D eigenvalue weighted by Gasteiger charge is -2.10. The van der Waals surface area contributed by atoms with E-state index in [0.29, 0.717) is 40.2 Å². The number of rotatable bonds is 9. The molecule has 0 amide bonds. The number of carbonyl (C=O) groups excluding carboxylic acids is 1. The zero-order valence-electron chi connectivity index (χ0n) is 19.1. The number of aromatic nitrogens is 3. The third kappa shape index (κ3) is 5.67. The standard InChI is InChI=1S/C25H23Cl2N5O3/c1-34-21-12-11-16(13-22(21)35-2)23(33)32-25(29-15-18-8-4-6-10-20(18)27)30-24(31-32)28-14-17-7-3-5-9-19(17)26/h3-13H,14-15H2,1-2H3,(H2,28,29,30,31). The number of nitrogens with one attached hydrogen (secondary N) is 2. The predicted molar refractivity (Wildman–Crippen MR) is 137 cm³/mol. The van der Waals surface area contributed by atoms with Gasteiger partial charge in [-0.3, -0.25) is 4.79 Å². The van der Waals surface area contributed by atoms with E-state index < -0.39 is 5.91 Å². The van der Waals surface area contributed by atoms with Gasteiger partial charge < -0.3 is 20.1 Å². The molecule has 0 unspecified atom stereocenters. The first-order chi connectivity index (χ1) is 17.0. The first-order valence-electron chi connectivity index (χ1n) is 10.7. The molecular formula is C25H23Cl2N5O3. The van der Waals surface area contributed by atoms with Crippen LogP contribution in [0.2, 0.25) is 10.0 Å². The summed E-state index contributed by atoms with van der Waals surface area (Å²) in [5.74, 6) is 1.07. The minimum atomic E-state index is -0.397. The smallest absolute Gasteiger partial charge is 0.281 e. The van der Waals surface area contributed by atoms with Crippen molar-refractivity contribution in [2.24, 2.45) is 0 Å². The highest BCUT2D eigenvalue weighted by atomic mass is 35.5. The van der Waals surface area contributed by atoms with Crippen molar-refractivity contribution in [1.82, 2.24) is 14.8 Å². The summed E-state index contributed by atoms with van der Waals surface area (Å²) in [5, 5.41) is 11.9. The zero-order chi connectivity index (χ0) is 24.8. The lowest BCUT2D eigenvalue weighted by atomic mass is 10.2. The third-order valence-electron chi connectivity index (χ3n) is 5.22. The Morgan fingerprint density at radius 3 is 2.06 bits per heavy atom. The maximum absolute atomic E-state index is 13.4. The molecule has 4 rings (SSSR count). The average Bonchev–Trinajstić information content (AvgIpc) is 3.29. The minimum absolute atomic E-state index is 0.256. The van der Waals surface area contributed by atoms with Crippen molar-refractivity contribution in [3.05, 3.63) is 93.5 Å². The molecule has 0 radical (unpaired) electrons. The van der Waals surface area contributed by atoms with Crippen molar-refractivity contribution in [2.75, 3.05) is 24.9 Å². The lowest BCUT2D eigenvalue weighted by Crippen LogP contribution is -2.18. The Kier molecular flexibility index (Phi) is 7.74. The van der Waals surface area contributed by atoms with Crippen molar-refractivity contribution >= 4 is 41.0 Å². The van der Waals surface area contributed by atoms with Gasteiger partial charge in [-0.2, -0.15) is 9.67 Å². The molecule has 0 bridgehead atoms. The van der Waals surface area contributed by atoms with Gasteiger partial charge in [0.25, 0.3) is 5.91 Å². The summed E-state index contributed by atoms with van der Waals surface area (Å²) in [6.45, 7) is 0.736. The van der Waals surface area contributed by atoms with E-state index in [1.54, 1.807) is 24.3 Å². The van der Waals surface area contributed by atoms with Crippen molar-refractivity contribution in [3.8, 4) is 11.5 Å². The van der Waals surface area contributed by atoms with Crippen LogP contribution in [0, 0.1) is 0 Å². The van der Waals surface area contributed by atoms with Gasteiger partial charge in [0.15, 0.2) is 11.5 Å². The second kappa shape index (κ2) is 11.1. The lowest BCUT2D eigenvalue weighted by molar-refractivity contribution is 0.0947. The van der Waals surface area contributed by atoms with E-state index in [9.17, 15) is 4.79 Å². The normalized spacial score (nSPS) is 10.6. The van der Waals surface area contributed by atoms with Gasteiger partial charge in [-0.1, -0.05) is 59.6 Å². The van der Waals surface area contributed by atoms with Gasteiger partial charge in [-0.25, -0.2) is 0 Å². The number of ether oxygens (including phenoxy) is 2. The first kappa shape index (κ1) is 24.4. The van der Waals surface area contributed by atoms with Crippen LogP contribution in [0.1, 0.15) is 21.5 Å². The van der Waals surface area contributed by atoms with Crippen molar-refractivity contribution in [2.45, 2.75) is 13.1 Å². The monoisotopic (exact) mass is 511 g/mol. The van der Waals surface area contributed by atoms with Gasteiger partial charge in [0.2, 0.25) is 11.9 Å². The largest absolute Gasteiger partial charge is 0.493 e. The SMILES string of the molecule is COc1ccc(C(=O)n2nc(NCc3ccccc3Cl)nc2NCc2ccccc2Cl)cc1OC. The van der Waals surface area contributed by atoms with Crippen molar-refractivity contribution in [3.63, 3.8) is 0 Å². The number of hydrogen-bond donors (Lipinski definition) is 2. The van der Waals surface area contributed by atoms with Gasteiger partial charge in [0, 0.05) is 28.7 Å². The van der Waals surface area contributed by atoms with Crippen LogP contribution >= 0.6 is 23.2 Å². The van der Waals surface area contributed by atoms with Crippen molar-refractivity contribution < 1.29 is 14.3 Å². The van der Waals surface area contributed by atoms with Crippen LogP contribution in [-0.2, 0) is 13.1 Å². The minimum Gasteiger partial charge on any atom is -0.493 e. The average molecular weight is 512 g/mol. The third-order valence-corrected chi connectivity index (χ3v) is 5.96. The van der Waals surface area contributed by atoms with Crippen LogP contribution in [0.5, 0.6) is 11.5 Å². The van der Waals surface area contributed by atoms with E-state index in [-0.39, 0.29) is 11.9 Å². The molecule has 4 aromatic rings. The second-order valence-electron chi connectivity index (χ2n) is 7.44. The molecule has 0 fully saturated rings. The maximum atomic E-state index is 13.4. The Hall–Kier alpha value is -3.75. The second-order valence-corrected chi connectivity index (χ2v) is 8.25. The Balaban J connectivity index is 1.63. The number of nitrogens with zero attached hydrogens (tertiary/aromatic N) is 3. The molecular weight excluding hydrogens is 489 g/mol. The molecule has 0 aliphatic carbocycles. The molecule has 3 aromatic carbocycles. The highest BCUT2D eigenvalue weighted by Crippen LogP contribution is 2.28. The van der Waals surface area contributed by atoms with E-state index in [0.717, 1.165) is 11.1 Å². The number of carbonyl (C=O) groups is 1. The number of hydrogen-bond acceptors (Lipinski definition) is 7. The van der Waals surface area contributed by atoms with Crippen molar-refractivity contribution in [1.29, 1.82) is 0 Å². The Bertz CT molecular complexity index is 1340. The van der Waals surface area contributed by atoms with E-state index in [2.05, 4.69) is 20.7 Å². The highest BCUT2D eigenvalue weighted by Gasteiger charge is 2.20. The Morgan fingerprint density at radius 2 is 1.46 bits per heavy atom. The molecule has 0 spiro atoms. The van der Waals surface area contributed by atoms with E-state index in [1.165, 1.54) is 18.9 Å². The van der Waals surface area contributed by atoms with Crippen LogP contribution in [0.25, 0.3) is 0 Å². The number of halogens is 2. The van der Waals surface area contributed by atoms with E-state index in [4.69, 9.17) is 32.7 Å². The predicted octanol–water partition coefficient (Wildman–Crippen LogP) is 5.51. The zero-order valence-corrected chi connectivity index (χ0v) is 20.6. The summed E-state index contributed by atoms with van der Waals surface area (Å²) in [6, 6.07) is 19.8. The summed E-state index contributed by atoms with van der Waals surface area (Å²) < 4.78 is 11.8. The molecule has 1 heterocycles. The molecule has 35 heavy (non-hydrogen) atoms. The fourth-order valence-electron chi connectivity index (χ4n) is 3.37. The molecule has 8 nitrogen and oxygen atoms in total. The van der Waals surface area contributed by atoms with Crippen LogP contribution in [0.15, 0.2) is 66.7 Å². The number of anilines is 2. The van der Waals surface area contributed by atoms with E-state index in [1.807, 2.05) is 42.5 Å². The first-order valence-corrected chi connectivity index (χ1v) is 11.4. The van der Waals surface area contributed by atoms with Gasteiger partial charge >= 0.3 is 0 Å². The summed E-state index contributed by atoms with van der Waals surface area (Å²) in [5.41, 5.74) is 2.08.